The number of benzene rings is 1. The molecule has 1 amide bonds. The first kappa shape index (κ1) is 17.4. The fourth-order valence-electron chi connectivity index (χ4n) is 2.96. The zero-order chi connectivity index (χ0) is 17.8. The molecular formula is C18H24N4O3. The summed E-state index contributed by atoms with van der Waals surface area (Å²) in [5, 5.41) is 7.19. The van der Waals surface area contributed by atoms with E-state index in [9.17, 15) is 4.79 Å². The minimum Gasteiger partial charge on any atom is -0.492 e. The van der Waals surface area contributed by atoms with Crippen LogP contribution in [0, 0.1) is 0 Å². The third-order valence-electron chi connectivity index (χ3n) is 4.40. The molecule has 2 unspecified atom stereocenters. The van der Waals surface area contributed by atoms with Crippen molar-refractivity contribution in [1.82, 2.24) is 15.5 Å². The molecule has 0 saturated carbocycles. The van der Waals surface area contributed by atoms with Gasteiger partial charge in [-0.25, -0.2) is 0 Å². The van der Waals surface area contributed by atoms with Gasteiger partial charge in [-0.15, -0.1) is 0 Å². The Balaban J connectivity index is 1.75. The second-order valence-corrected chi connectivity index (χ2v) is 6.25. The topological polar surface area (TPSA) is 80.5 Å². The average Bonchev–Trinajstić information content (AvgIpc) is 3.22. The molecule has 7 nitrogen and oxygen atoms in total. The van der Waals surface area contributed by atoms with Crippen LogP contribution >= 0.6 is 0 Å². The number of amides is 1. The van der Waals surface area contributed by atoms with Gasteiger partial charge in [0.2, 0.25) is 11.8 Å². The zero-order valence-electron chi connectivity index (χ0n) is 14.9. The van der Waals surface area contributed by atoms with Crippen LogP contribution in [0.3, 0.4) is 0 Å². The molecule has 134 valence electrons. The lowest BCUT2D eigenvalue weighted by atomic mass is 10.1. The first-order chi connectivity index (χ1) is 12.1. The average molecular weight is 344 g/mol. The standard InChI is InChI=1S/C18H24N4O3/c1-4-24-15-8-6-5-7-14(15)22-11-13(10-17(22)23)18-20-16(21-25-18)9-12(2)19-3/h5-8,12-13,19H,4,9-11H2,1-3H3. The lowest BCUT2D eigenvalue weighted by Crippen LogP contribution is -2.25. The summed E-state index contributed by atoms with van der Waals surface area (Å²) in [4.78, 5) is 18.7. The van der Waals surface area contributed by atoms with Crippen molar-refractivity contribution in [1.29, 1.82) is 0 Å². The fraction of sp³-hybridized carbons (Fsp3) is 0.500. The van der Waals surface area contributed by atoms with E-state index in [1.54, 1.807) is 4.90 Å². The molecule has 1 aliphatic heterocycles. The number of hydrogen-bond acceptors (Lipinski definition) is 6. The summed E-state index contributed by atoms with van der Waals surface area (Å²) in [7, 11) is 1.90. The molecule has 25 heavy (non-hydrogen) atoms. The number of para-hydroxylation sites is 2. The maximum absolute atomic E-state index is 12.5. The fourth-order valence-corrected chi connectivity index (χ4v) is 2.96. The van der Waals surface area contributed by atoms with E-state index in [1.165, 1.54) is 0 Å². The molecule has 3 rings (SSSR count). The Hall–Kier alpha value is -2.41. The summed E-state index contributed by atoms with van der Waals surface area (Å²) in [5.41, 5.74) is 0.792. The predicted octanol–water partition coefficient (Wildman–Crippen LogP) is 2.14. The van der Waals surface area contributed by atoms with Crippen LogP contribution in [-0.4, -0.2) is 42.3 Å². The monoisotopic (exact) mass is 344 g/mol. The molecule has 7 heteroatoms. The van der Waals surface area contributed by atoms with Gasteiger partial charge >= 0.3 is 0 Å². The molecule has 0 bridgehead atoms. The molecule has 1 aliphatic rings. The van der Waals surface area contributed by atoms with Gasteiger partial charge in [0.05, 0.1) is 18.2 Å². The maximum atomic E-state index is 12.5. The van der Waals surface area contributed by atoms with Gasteiger partial charge < -0.3 is 19.5 Å². The van der Waals surface area contributed by atoms with Crippen LogP contribution in [0.25, 0.3) is 0 Å². The quantitative estimate of drug-likeness (QED) is 0.829. The van der Waals surface area contributed by atoms with Crippen LogP contribution in [0.2, 0.25) is 0 Å². The molecule has 1 N–H and O–H groups in total. The van der Waals surface area contributed by atoms with Crippen molar-refractivity contribution in [2.75, 3.05) is 25.1 Å². The number of carbonyl (C=O) groups is 1. The normalized spacial score (nSPS) is 18.6. The highest BCUT2D eigenvalue weighted by Gasteiger charge is 2.36. The van der Waals surface area contributed by atoms with Gasteiger partial charge in [0.1, 0.15) is 5.75 Å². The number of nitrogens with one attached hydrogen (secondary N) is 1. The summed E-state index contributed by atoms with van der Waals surface area (Å²) in [6, 6.07) is 7.86. The molecule has 0 radical (unpaired) electrons. The second kappa shape index (κ2) is 7.65. The van der Waals surface area contributed by atoms with Crippen molar-refractivity contribution in [2.24, 2.45) is 0 Å². The number of carbonyl (C=O) groups excluding carboxylic acids is 1. The minimum atomic E-state index is -0.0895. The third kappa shape index (κ3) is 3.82. The van der Waals surface area contributed by atoms with Gasteiger partial charge in [0, 0.05) is 25.4 Å². The Labute approximate surface area is 147 Å². The molecule has 1 saturated heterocycles. The summed E-state index contributed by atoms with van der Waals surface area (Å²) in [6.45, 7) is 5.06. The Morgan fingerprint density at radius 1 is 1.44 bits per heavy atom. The molecule has 1 aromatic heterocycles. The maximum Gasteiger partial charge on any atom is 0.232 e. The van der Waals surface area contributed by atoms with Crippen molar-refractivity contribution < 1.29 is 14.1 Å². The molecule has 2 heterocycles. The first-order valence-electron chi connectivity index (χ1n) is 8.64. The molecule has 1 aromatic carbocycles. The SMILES string of the molecule is CCOc1ccccc1N1CC(c2nc(CC(C)NC)no2)CC1=O. The Bertz CT molecular complexity index is 731. The van der Waals surface area contributed by atoms with E-state index in [2.05, 4.69) is 22.4 Å². The lowest BCUT2D eigenvalue weighted by molar-refractivity contribution is -0.117. The van der Waals surface area contributed by atoms with Crippen molar-refractivity contribution in [2.45, 2.75) is 38.6 Å². The highest BCUT2D eigenvalue weighted by Crippen LogP contribution is 2.36. The van der Waals surface area contributed by atoms with E-state index in [-0.39, 0.29) is 17.9 Å². The predicted molar refractivity (Wildman–Crippen MR) is 93.8 cm³/mol. The van der Waals surface area contributed by atoms with Crippen molar-refractivity contribution in [3.63, 3.8) is 0 Å². The number of hydrogen-bond donors (Lipinski definition) is 1. The van der Waals surface area contributed by atoms with Gasteiger partial charge in [-0.3, -0.25) is 4.79 Å². The van der Waals surface area contributed by atoms with Crippen LogP contribution in [-0.2, 0) is 11.2 Å². The number of aromatic nitrogens is 2. The van der Waals surface area contributed by atoms with Crippen LogP contribution in [0.1, 0.15) is 37.9 Å². The Morgan fingerprint density at radius 2 is 2.24 bits per heavy atom. The van der Waals surface area contributed by atoms with Gasteiger partial charge in [0.15, 0.2) is 5.82 Å². The molecule has 2 atom stereocenters. The number of likely N-dealkylation sites (N-methyl/N-ethyl adjacent to an activating group) is 1. The summed E-state index contributed by atoms with van der Waals surface area (Å²) < 4.78 is 11.1. The third-order valence-corrected chi connectivity index (χ3v) is 4.40. The number of nitrogens with zero attached hydrogens (tertiary/aromatic N) is 3. The molecule has 1 fully saturated rings. The van der Waals surface area contributed by atoms with E-state index >= 15 is 0 Å². The minimum absolute atomic E-state index is 0.0421. The summed E-state index contributed by atoms with van der Waals surface area (Å²) in [6.07, 6.45) is 1.06. The van der Waals surface area contributed by atoms with E-state index in [0.717, 1.165) is 5.69 Å². The van der Waals surface area contributed by atoms with Crippen LogP contribution in [0.15, 0.2) is 28.8 Å². The van der Waals surface area contributed by atoms with Gasteiger partial charge in [-0.2, -0.15) is 4.98 Å². The van der Waals surface area contributed by atoms with E-state index in [0.29, 0.717) is 43.5 Å². The number of anilines is 1. The molecule has 0 spiro atoms. The lowest BCUT2D eigenvalue weighted by Gasteiger charge is -2.19. The van der Waals surface area contributed by atoms with Gasteiger partial charge in [-0.1, -0.05) is 17.3 Å². The van der Waals surface area contributed by atoms with Crippen LogP contribution in [0.4, 0.5) is 5.69 Å². The Morgan fingerprint density at radius 3 is 3.00 bits per heavy atom. The molecule has 2 aromatic rings. The number of rotatable bonds is 7. The molecule has 0 aliphatic carbocycles. The van der Waals surface area contributed by atoms with Crippen molar-refractivity contribution >= 4 is 11.6 Å². The van der Waals surface area contributed by atoms with E-state index in [4.69, 9.17) is 9.26 Å². The van der Waals surface area contributed by atoms with Gasteiger partial charge in [-0.05, 0) is 33.0 Å². The van der Waals surface area contributed by atoms with Gasteiger partial charge in [0.25, 0.3) is 0 Å². The first-order valence-corrected chi connectivity index (χ1v) is 8.64. The Kier molecular flexibility index (Phi) is 5.33. The van der Waals surface area contributed by atoms with Crippen LogP contribution in [0.5, 0.6) is 5.75 Å². The van der Waals surface area contributed by atoms with Crippen molar-refractivity contribution in [3.05, 3.63) is 36.0 Å². The number of ether oxygens (including phenoxy) is 1. The second-order valence-electron chi connectivity index (χ2n) is 6.25. The highest BCUT2D eigenvalue weighted by atomic mass is 16.5. The van der Waals surface area contributed by atoms with Crippen molar-refractivity contribution in [3.8, 4) is 5.75 Å². The summed E-state index contributed by atoms with van der Waals surface area (Å²) >= 11 is 0. The van der Waals surface area contributed by atoms with E-state index in [1.807, 2.05) is 38.2 Å². The largest absolute Gasteiger partial charge is 0.492 e. The van der Waals surface area contributed by atoms with E-state index < -0.39 is 0 Å². The van der Waals surface area contributed by atoms with Crippen LogP contribution < -0.4 is 15.0 Å². The smallest absolute Gasteiger partial charge is 0.232 e. The zero-order valence-corrected chi connectivity index (χ0v) is 14.9. The molecular weight excluding hydrogens is 320 g/mol. The highest BCUT2D eigenvalue weighted by molar-refractivity contribution is 5.97. The summed E-state index contributed by atoms with van der Waals surface area (Å²) in [5.74, 6) is 1.86.